The Hall–Kier alpha value is -1.69. The summed E-state index contributed by atoms with van der Waals surface area (Å²) in [4.78, 5) is 23.0. The largest absolute Gasteiger partial charge is 0.508 e. The molecular formula is C32H46Cl2O4S. The van der Waals surface area contributed by atoms with E-state index in [-0.39, 0.29) is 21.3 Å². The molecule has 0 saturated heterocycles. The molecule has 2 aromatic carbocycles. The lowest BCUT2D eigenvalue weighted by atomic mass is 9.86. The minimum absolute atomic E-state index is 0.117. The van der Waals surface area contributed by atoms with Gasteiger partial charge in [-0.05, 0) is 96.1 Å². The molecule has 0 heterocycles. The maximum atomic E-state index is 10.4. The highest BCUT2D eigenvalue weighted by Gasteiger charge is 2.22. The summed E-state index contributed by atoms with van der Waals surface area (Å²) in [5, 5.41) is 20.1. The van der Waals surface area contributed by atoms with Crippen molar-refractivity contribution in [2.45, 2.75) is 127 Å². The number of halogens is 2. The number of phenols is 2. The van der Waals surface area contributed by atoms with E-state index in [0.29, 0.717) is 24.3 Å². The molecule has 4 nitrogen and oxygen atoms in total. The second kappa shape index (κ2) is 15.9. The molecule has 218 valence electrons. The van der Waals surface area contributed by atoms with Crippen LogP contribution in [0.2, 0.25) is 0 Å². The summed E-state index contributed by atoms with van der Waals surface area (Å²) < 4.78 is 0. The van der Waals surface area contributed by atoms with Crippen LogP contribution < -0.4 is 0 Å². The number of benzene rings is 2. The summed E-state index contributed by atoms with van der Waals surface area (Å²) in [6.45, 7) is 16.7. The highest BCUT2D eigenvalue weighted by atomic mass is 35.5. The Morgan fingerprint density at radius 3 is 1.23 bits per heavy atom. The molecule has 39 heavy (non-hydrogen) atoms. The molecule has 0 radical (unpaired) electrons. The predicted octanol–water partition coefficient (Wildman–Crippen LogP) is 10.1. The SMILES string of the molecule is Cc1cc(O)c(C(C)(C)C)cc1Sc1cc(C(C)(C)C)c(O)cc1C.O=C(Cl)CCCCCCCCC(=O)Cl. The third kappa shape index (κ3) is 13.0. The molecule has 0 saturated carbocycles. The van der Waals surface area contributed by atoms with Crippen molar-refractivity contribution in [3.8, 4) is 11.5 Å². The van der Waals surface area contributed by atoms with E-state index in [1.807, 2.05) is 26.0 Å². The summed E-state index contributed by atoms with van der Waals surface area (Å²) in [5.41, 5.74) is 3.78. The maximum absolute atomic E-state index is 10.4. The highest BCUT2D eigenvalue weighted by Crippen LogP contribution is 2.42. The van der Waals surface area contributed by atoms with Gasteiger partial charge in [0, 0.05) is 33.8 Å². The zero-order valence-corrected chi connectivity index (χ0v) is 27.2. The monoisotopic (exact) mass is 596 g/mol. The van der Waals surface area contributed by atoms with E-state index in [1.54, 1.807) is 11.8 Å². The van der Waals surface area contributed by atoms with Gasteiger partial charge in [0.15, 0.2) is 0 Å². The van der Waals surface area contributed by atoms with Crippen LogP contribution in [-0.2, 0) is 20.4 Å². The van der Waals surface area contributed by atoms with Crippen LogP contribution in [0.25, 0.3) is 0 Å². The first-order valence-corrected chi connectivity index (χ1v) is 15.2. The Balaban J connectivity index is 0.000000464. The van der Waals surface area contributed by atoms with Crippen LogP contribution in [0.1, 0.15) is 115 Å². The molecule has 0 unspecified atom stereocenters. The molecule has 0 amide bonds. The zero-order valence-electron chi connectivity index (χ0n) is 24.8. The Kier molecular flexibility index (Phi) is 14.4. The van der Waals surface area contributed by atoms with Crippen molar-refractivity contribution in [2.24, 2.45) is 0 Å². The van der Waals surface area contributed by atoms with Crippen molar-refractivity contribution >= 4 is 45.4 Å². The number of phenolic OH excluding ortho intramolecular Hbond substituents is 2. The molecule has 0 aromatic heterocycles. The van der Waals surface area contributed by atoms with Crippen LogP contribution in [0.4, 0.5) is 0 Å². The lowest BCUT2D eigenvalue weighted by Crippen LogP contribution is -2.12. The molecule has 2 aromatic rings. The molecule has 2 rings (SSSR count). The van der Waals surface area contributed by atoms with Crippen molar-refractivity contribution in [1.29, 1.82) is 0 Å². The number of carbonyl (C=O) groups is 2. The van der Waals surface area contributed by atoms with Crippen molar-refractivity contribution in [3.05, 3.63) is 46.5 Å². The fourth-order valence-electron chi connectivity index (χ4n) is 4.12. The van der Waals surface area contributed by atoms with Gasteiger partial charge in [-0.3, -0.25) is 9.59 Å². The maximum Gasteiger partial charge on any atom is 0.221 e. The van der Waals surface area contributed by atoms with Crippen LogP contribution in [0, 0.1) is 13.8 Å². The number of aryl methyl sites for hydroxylation is 2. The second-order valence-electron chi connectivity index (χ2n) is 12.2. The van der Waals surface area contributed by atoms with Crippen LogP contribution in [0.15, 0.2) is 34.1 Å². The Morgan fingerprint density at radius 2 is 0.949 bits per heavy atom. The number of hydrogen-bond acceptors (Lipinski definition) is 5. The number of carbonyl (C=O) groups excluding carboxylic acids is 2. The molecule has 0 atom stereocenters. The van der Waals surface area contributed by atoms with Gasteiger partial charge in [0.1, 0.15) is 11.5 Å². The quantitative estimate of drug-likeness (QED) is 0.199. The van der Waals surface area contributed by atoms with E-state index < -0.39 is 0 Å². The third-order valence-corrected chi connectivity index (χ3v) is 8.12. The van der Waals surface area contributed by atoms with Gasteiger partial charge in [0.2, 0.25) is 10.5 Å². The molecule has 0 bridgehead atoms. The number of aromatic hydroxyl groups is 2. The summed E-state index contributed by atoms with van der Waals surface area (Å²) in [5.74, 6) is 0.708. The molecule has 0 aliphatic rings. The second-order valence-corrected chi connectivity index (χ2v) is 14.1. The number of rotatable bonds is 11. The molecule has 7 heteroatoms. The first-order valence-electron chi connectivity index (χ1n) is 13.7. The molecule has 0 aliphatic heterocycles. The van der Waals surface area contributed by atoms with Gasteiger partial charge < -0.3 is 10.2 Å². The van der Waals surface area contributed by atoms with Gasteiger partial charge in [-0.2, -0.15) is 0 Å². The minimum Gasteiger partial charge on any atom is -0.508 e. The lowest BCUT2D eigenvalue weighted by molar-refractivity contribution is -0.112. The van der Waals surface area contributed by atoms with Crippen molar-refractivity contribution < 1.29 is 19.8 Å². The minimum atomic E-state index is -0.252. The first kappa shape index (κ1) is 35.3. The fraction of sp³-hybridized carbons (Fsp3) is 0.562. The summed E-state index contributed by atoms with van der Waals surface area (Å²) in [6.07, 6.45) is 6.96. The molecular weight excluding hydrogens is 551 g/mol. The average molecular weight is 598 g/mol. The Morgan fingerprint density at radius 1 is 0.641 bits per heavy atom. The Labute approximate surface area is 249 Å². The van der Waals surface area contributed by atoms with E-state index in [4.69, 9.17) is 23.2 Å². The van der Waals surface area contributed by atoms with Gasteiger partial charge in [0.25, 0.3) is 0 Å². The first-order chi connectivity index (χ1) is 17.9. The normalized spacial score (nSPS) is 11.6. The predicted molar refractivity (Wildman–Crippen MR) is 166 cm³/mol. The van der Waals surface area contributed by atoms with Crippen molar-refractivity contribution in [2.75, 3.05) is 0 Å². The summed E-state index contributed by atoms with van der Waals surface area (Å²) in [6, 6.07) is 7.89. The van der Waals surface area contributed by atoms with E-state index in [2.05, 4.69) is 53.7 Å². The Bertz CT molecular complexity index is 1030. The van der Waals surface area contributed by atoms with Crippen LogP contribution in [0.3, 0.4) is 0 Å². The summed E-state index contributed by atoms with van der Waals surface area (Å²) >= 11 is 12.1. The van der Waals surface area contributed by atoms with Gasteiger partial charge in [-0.15, -0.1) is 0 Å². The van der Waals surface area contributed by atoms with E-state index in [9.17, 15) is 19.8 Å². The molecule has 0 aliphatic carbocycles. The molecule has 0 spiro atoms. The number of unbranched alkanes of at least 4 members (excludes halogenated alkanes) is 5. The topological polar surface area (TPSA) is 74.6 Å². The standard InChI is InChI=1S/C22H30O2S.C10H16Cl2O2/c1-13-9-17(23)15(21(3,4)5)11-19(13)25-20-12-16(22(6,7)8)18(24)10-14(20)2;11-9(13)7-5-3-1-2-4-6-8-10(12)14/h9-12,23-24H,1-8H3;1-8H2. The van der Waals surface area contributed by atoms with Gasteiger partial charge in [0.05, 0.1) is 0 Å². The molecule has 0 fully saturated rings. The fourth-order valence-corrected chi connectivity index (χ4v) is 5.42. The lowest BCUT2D eigenvalue weighted by Gasteiger charge is -2.24. The molecule has 2 N–H and O–H groups in total. The van der Waals surface area contributed by atoms with Crippen LogP contribution >= 0.6 is 35.0 Å². The smallest absolute Gasteiger partial charge is 0.221 e. The summed E-state index contributed by atoms with van der Waals surface area (Å²) in [7, 11) is 0. The van der Waals surface area contributed by atoms with E-state index in [1.165, 1.54) is 0 Å². The van der Waals surface area contributed by atoms with Crippen molar-refractivity contribution in [1.82, 2.24) is 0 Å². The highest BCUT2D eigenvalue weighted by molar-refractivity contribution is 7.99. The average Bonchev–Trinajstić information content (AvgIpc) is 2.77. The third-order valence-electron chi connectivity index (χ3n) is 6.42. The van der Waals surface area contributed by atoms with Crippen LogP contribution in [-0.4, -0.2) is 20.7 Å². The zero-order chi connectivity index (χ0) is 30.0. The van der Waals surface area contributed by atoms with E-state index in [0.717, 1.165) is 70.6 Å². The number of hydrogen-bond donors (Lipinski definition) is 2. The van der Waals surface area contributed by atoms with Crippen LogP contribution in [0.5, 0.6) is 11.5 Å². The van der Waals surface area contributed by atoms with Gasteiger partial charge >= 0.3 is 0 Å². The van der Waals surface area contributed by atoms with Crippen molar-refractivity contribution in [3.63, 3.8) is 0 Å². The van der Waals surface area contributed by atoms with Gasteiger partial charge in [-0.1, -0.05) is 79.0 Å². The van der Waals surface area contributed by atoms with Gasteiger partial charge in [-0.25, -0.2) is 0 Å². The van der Waals surface area contributed by atoms with E-state index >= 15 is 0 Å².